The molecule has 70 valence electrons. The lowest BCUT2D eigenvalue weighted by atomic mass is 9.70. The molecule has 6 saturated carbocycles. The molecule has 0 unspecified atom stereocenters. The lowest BCUT2D eigenvalue weighted by molar-refractivity contribution is 0.0279. The zero-order valence-electron chi connectivity index (χ0n) is 7.76. The molecule has 1 heteroatoms. The van der Waals surface area contributed by atoms with Gasteiger partial charge in [-0.15, -0.1) is 0 Å². The van der Waals surface area contributed by atoms with Crippen LogP contribution in [0.4, 0.5) is 0 Å². The van der Waals surface area contributed by atoms with Gasteiger partial charge in [-0.1, -0.05) is 0 Å². The Hall–Kier alpha value is -0.0400. The van der Waals surface area contributed by atoms with Gasteiger partial charge >= 0.3 is 0 Å². The van der Waals surface area contributed by atoms with Gasteiger partial charge in [0.1, 0.15) is 0 Å². The molecule has 6 rings (SSSR count). The van der Waals surface area contributed by atoms with Crippen molar-refractivity contribution < 1.29 is 5.11 Å². The summed E-state index contributed by atoms with van der Waals surface area (Å²) in [6, 6.07) is 0. The first-order valence-corrected chi connectivity index (χ1v) is 6.06. The van der Waals surface area contributed by atoms with Gasteiger partial charge in [-0.25, -0.2) is 0 Å². The van der Waals surface area contributed by atoms with Crippen molar-refractivity contribution in [1.29, 1.82) is 0 Å². The first-order chi connectivity index (χ1) is 6.38. The van der Waals surface area contributed by atoms with Crippen LogP contribution in [0, 0.1) is 47.3 Å². The molecule has 1 nitrogen and oxygen atoms in total. The smallest absolute Gasteiger partial charge is 0.0577 e. The Bertz CT molecular complexity index is 287. The third-order valence-electron chi connectivity index (χ3n) is 6.54. The Morgan fingerprint density at radius 3 is 2.15 bits per heavy atom. The highest BCUT2D eigenvalue weighted by atomic mass is 16.3. The van der Waals surface area contributed by atoms with Crippen LogP contribution in [-0.2, 0) is 0 Å². The van der Waals surface area contributed by atoms with Gasteiger partial charge in [-0.05, 0) is 66.6 Å². The minimum absolute atomic E-state index is 0.114. The molecule has 9 atom stereocenters. The predicted molar refractivity (Wildman–Crippen MR) is 47.8 cm³/mol. The lowest BCUT2D eigenvalue weighted by Crippen LogP contribution is -2.35. The highest BCUT2D eigenvalue weighted by molar-refractivity contribution is 5.26. The quantitative estimate of drug-likeness (QED) is 0.593. The number of rotatable bonds is 0. The van der Waals surface area contributed by atoms with Crippen molar-refractivity contribution in [2.75, 3.05) is 0 Å². The van der Waals surface area contributed by atoms with Crippen LogP contribution in [0.2, 0.25) is 0 Å². The minimum atomic E-state index is 0.114. The summed E-state index contributed by atoms with van der Waals surface area (Å²) in [5.41, 5.74) is 0. The van der Waals surface area contributed by atoms with Crippen molar-refractivity contribution in [3.05, 3.63) is 0 Å². The van der Waals surface area contributed by atoms with Gasteiger partial charge < -0.3 is 5.11 Å². The van der Waals surface area contributed by atoms with Gasteiger partial charge in [0.2, 0.25) is 0 Å². The second-order valence-corrected chi connectivity index (χ2v) is 6.26. The first-order valence-electron chi connectivity index (χ1n) is 6.06. The van der Waals surface area contributed by atoms with Gasteiger partial charge in [0, 0.05) is 0 Å². The molecule has 0 radical (unpaired) electrons. The van der Waals surface area contributed by atoms with Crippen LogP contribution < -0.4 is 0 Å². The van der Waals surface area contributed by atoms with Crippen LogP contribution in [0.25, 0.3) is 0 Å². The van der Waals surface area contributed by atoms with E-state index in [1.807, 2.05) is 0 Å². The van der Waals surface area contributed by atoms with E-state index in [1.165, 1.54) is 12.8 Å². The van der Waals surface area contributed by atoms with Crippen molar-refractivity contribution in [2.45, 2.75) is 25.4 Å². The molecule has 1 N–H and O–H groups in total. The van der Waals surface area contributed by atoms with Crippen LogP contribution in [-0.4, -0.2) is 11.2 Å². The Morgan fingerprint density at radius 1 is 0.692 bits per heavy atom. The summed E-state index contributed by atoms with van der Waals surface area (Å²) in [5, 5.41) is 9.97. The van der Waals surface area contributed by atoms with Gasteiger partial charge in [0.15, 0.2) is 0 Å². The fraction of sp³-hybridized carbons (Fsp3) is 1.00. The number of aliphatic hydroxyl groups excluding tert-OH is 1. The highest BCUT2D eigenvalue weighted by Gasteiger charge is 2.78. The molecule has 0 aromatic rings. The van der Waals surface area contributed by atoms with Crippen molar-refractivity contribution in [3.63, 3.8) is 0 Å². The second kappa shape index (κ2) is 1.60. The molecule has 0 spiro atoms. The fourth-order valence-electron chi connectivity index (χ4n) is 6.88. The molecule has 0 aliphatic heterocycles. The second-order valence-electron chi connectivity index (χ2n) is 6.26. The maximum atomic E-state index is 9.97. The SMILES string of the molecule is O[C@H]1C[C@@H]2[C@@H]3[C@@H]4CC[C@H]5[C@@H]4[C@@H]2[C@H]1[C@H]53. The summed E-state index contributed by atoms with van der Waals surface area (Å²) in [6.45, 7) is 0. The molecule has 0 aromatic carbocycles. The third-order valence-corrected chi connectivity index (χ3v) is 6.54. The monoisotopic (exact) mass is 176 g/mol. The summed E-state index contributed by atoms with van der Waals surface area (Å²) < 4.78 is 0. The van der Waals surface area contributed by atoms with E-state index in [-0.39, 0.29) is 6.10 Å². The van der Waals surface area contributed by atoms with E-state index >= 15 is 0 Å². The van der Waals surface area contributed by atoms with E-state index < -0.39 is 0 Å². The van der Waals surface area contributed by atoms with Crippen molar-refractivity contribution in [2.24, 2.45) is 47.3 Å². The Kier molecular flexibility index (Phi) is 0.793. The summed E-state index contributed by atoms with van der Waals surface area (Å²) in [7, 11) is 0. The Balaban J connectivity index is 1.75. The standard InChI is InChI=1S/C12H16O/c13-7-3-6-9-4-1-2-5-8(4)11(6)12(7)10(5)9/h4-13H,1-3H2/t4-,5+,6-,7+,8-,9+,10-,11-,12-/m1/s1. The zero-order valence-corrected chi connectivity index (χ0v) is 7.76. The lowest BCUT2D eigenvalue weighted by Gasteiger charge is -2.36. The highest BCUT2D eigenvalue weighted by Crippen LogP contribution is 2.82. The number of aliphatic hydroxyl groups is 1. The fourth-order valence-corrected chi connectivity index (χ4v) is 6.88. The average molecular weight is 176 g/mol. The van der Waals surface area contributed by atoms with Crippen LogP contribution >= 0.6 is 0 Å². The number of hydrogen-bond donors (Lipinski definition) is 1. The predicted octanol–water partition coefficient (Wildman–Crippen LogP) is 1.52. The molecule has 6 aliphatic rings. The third kappa shape index (κ3) is 0.423. The Labute approximate surface area is 78.5 Å². The summed E-state index contributed by atoms with van der Waals surface area (Å²) in [5.74, 6) is 8.18. The maximum absolute atomic E-state index is 9.97. The van der Waals surface area contributed by atoms with Crippen LogP contribution in [0.5, 0.6) is 0 Å². The number of hydrogen-bond acceptors (Lipinski definition) is 1. The zero-order chi connectivity index (χ0) is 8.32. The molecule has 0 heterocycles. The summed E-state index contributed by atoms with van der Waals surface area (Å²) in [6.07, 6.45) is 4.36. The summed E-state index contributed by atoms with van der Waals surface area (Å²) >= 11 is 0. The van der Waals surface area contributed by atoms with Crippen molar-refractivity contribution in [1.82, 2.24) is 0 Å². The normalized spacial score (nSPS) is 80.5. The van der Waals surface area contributed by atoms with Gasteiger partial charge in [0.05, 0.1) is 6.10 Å². The topological polar surface area (TPSA) is 20.2 Å². The molecule has 13 heavy (non-hydrogen) atoms. The van der Waals surface area contributed by atoms with E-state index in [4.69, 9.17) is 0 Å². The molecule has 6 aliphatic carbocycles. The largest absolute Gasteiger partial charge is 0.393 e. The molecule has 0 saturated heterocycles. The average Bonchev–Trinajstić information content (AvgIpc) is 2.78. The van der Waals surface area contributed by atoms with Crippen LogP contribution in [0.15, 0.2) is 0 Å². The Morgan fingerprint density at radius 2 is 1.31 bits per heavy atom. The molecule has 0 aromatic heterocycles. The van der Waals surface area contributed by atoms with Crippen molar-refractivity contribution >= 4 is 0 Å². The summed E-state index contributed by atoms with van der Waals surface area (Å²) in [4.78, 5) is 0. The molecule has 0 amide bonds. The van der Waals surface area contributed by atoms with Crippen molar-refractivity contribution in [3.8, 4) is 0 Å². The van der Waals surface area contributed by atoms with E-state index in [0.29, 0.717) is 0 Å². The van der Waals surface area contributed by atoms with Crippen LogP contribution in [0.1, 0.15) is 19.3 Å². The van der Waals surface area contributed by atoms with Crippen LogP contribution in [0.3, 0.4) is 0 Å². The molecule has 8 bridgehead atoms. The van der Waals surface area contributed by atoms with E-state index in [0.717, 1.165) is 47.3 Å². The maximum Gasteiger partial charge on any atom is 0.0577 e. The first kappa shape index (κ1) is 6.44. The van der Waals surface area contributed by atoms with E-state index in [9.17, 15) is 5.11 Å². The van der Waals surface area contributed by atoms with Gasteiger partial charge in [-0.2, -0.15) is 0 Å². The minimum Gasteiger partial charge on any atom is -0.393 e. The van der Waals surface area contributed by atoms with Gasteiger partial charge in [0.25, 0.3) is 0 Å². The molecule has 6 fully saturated rings. The molecular formula is C12H16O. The molecular weight excluding hydrogens is 160 g/mol. The van der Waals surface area contributed by atoms with E-state index in [1.54, 1.807) is 6.42 Å². The van der Waals surface area contributed by atoms with E-state index in [2.05, 4.69) is 0 Å². The van der Waals surface area contributed by atoms with Gasteiger partial charge in [-0.3, -0.25) is 0 Å².